The molecule has 0 radical (unpaired) electrons. The lowest BCUT2D eigenvalue weighted by atomic mass is 10.3. The topological polar surface area (TPSA) is 180 Å². The van der Waals surface area contributed by atoms with Crippen LogP contribution in [0.2, 0.25) is 0 Å². The number of hydrogen-bond acceptors (Lipinski definition) is 10. The number of nitrogens with zero attached hydrogens (tertiary/aromatic N) is 3. The highest BCUT2D eigenvalue weighted by Gasteiger charge is 2.14. The zero-order chi connectivity index (χ0) is 22.6. The molecule has 6 N–H and O–H groups in total. The van der Waals surface area contributed by atoms with E-state index in [9.17, 15) is 12.6 Å². The highest BCUT2D eigenvalue weighted by molar-refractivity contribution is 7.86. The predicted octanol–water partition coefficient (Wildman–Crippen LogP) is 1.60. The first kappa shape index (κ1) is 22.6. The maximum absolute atomic E-state index is 11.9. The fraction of sp³-hybridized carbons (Fsp3) is 0.167. The molecule has 0 saturated heterocycles. The summed E-state index contributed by atoms with van der Waals surface area (Å²) in [4.78, 5) is 12.9. The van der Waals surface area contributed by atoms with Gasteiger partial charge in [-0.1, -0.05) is 0 Å². The number of aryl methyl sites for hydroxylation is 1. The van der Waals surface area contributed by atoms with Crippen molar-refractivity contribution in [3.05, 3.63) is 48.3 Å². The van der Waals surface area contributed by atoms with Gasteiger partial charge in [-0.15, -0.1) is 0 Å². The molecular formula is C18H20N6O5S2. The third-order valence-corrected chi connectivity index (χ3v) is 6.22. The molecule has 3 rings (SSSR count). The summed E-state index contributed by atoms with van der Waals surface area (Å²) in [6, 6.07) is 10.7. The van der Waals surface area contributed by atoms with Crippen molar-refractivity contribution >= 4 is 49.9 Å². The first-order valence-electron chi connectivity index (χ1n) is 8.89. The summed E-state index contributed by atoms with van der Waals surface area (Å²) < 4.78 is 43.6. The zero-order valence-electron chi connectivity index (χ0n) is 16.3. The molecule has 0 aliphatic carbocycles. The maximum atomic E-state index is 11.9. The van der Waals surface area contributed by atoms with E-state index in [0.29, 0.717) is 22.1 Å². The fourth-order valence-electron chi connectivity index (χ4n) is 2.60. The van der Waals surface area contributed by atoms with Crippen molar-refractivity contribution in [1.82, 2.24) is 15.0 Å². The van der Waals surface area contributed by atoms with Gasteiger partial charge in [0.2, 0.25) is 11.9 Å². The molecule has 0 aliphatic heterocycles. The van der Waals surface area contributed by atoms with Gasteiger partial charge in [-0.2, -0.15) is 23.4 Å². The van der Waals surface area contributed by atoms with Crippen molar-refractivity contribution in [1.29, 1.82) is 0 Å². The number of aliphatic hydroxyl groups is 1. The third kappa shape index (κ3) is 5.95. The van der Waals surface area contributed by atoms with Crippen LogP contribution < -0.4 is 16.4 Å². The van der Waals surface area contributed by atoms with Gasteiger partial charge in [0.1, 0.15) is 10.7 Å². The van der Waals surface area contributed by atoms with Crippen LogP contribution in [-0.4, -0.2) is 49.6 Å². The minimum absolute atomic E-state index is 0.129. The van der Waals surface area contributed by atoms with Gasteiger partial charge in [0.05, 0.1) is 28.8 Å². The van der Waals surface area contributed by atoms with Crippen molar-refractivity contribution in [3.8, 4) is 0 Å². The second kappa shape index (κ2) is 9.34. The SMILES string of the molecule is Cc1nc(Nc2ccc(S(=O)CCO)cc2)nc(Nc2ccc(S(=O)(=O)O)c(N)c2)n1. The number of aliphatic hydroxyl groups excluding tert-OH is 1. The molecule has 3 aromatic rings. The molecule has 1 atom stereocenters. The van der Waals surface area contributed by atoms with E-state index < -0.39 is 25.8 Å². The van der Waals surface area contributed by atoms with E-state index in [1.54, 1.807) is 31.2 Å². The Morgan fingerprint density at radius 3 is 2.13 bits per heavy atom. The molecule has 0 bridgehead atoms. The zero-order valence-corrected chi connectivity index (χ0v) is 17.9. The molecule has 0 amide bonds. The smallest absolute Gasteiger partial charge is 0.296 e. The lowest BCUT2D eigenvalue weighted by Crippen LogP contribution is -2.07. The molecule has 11 nitrogen and oxygen atoms in total. The summed E-state index contributed by atoms with van der Waals surface area (Å²) in [5, 5.41) is 14.8. The Kier molecular flexibility index (Phi) is 6.80. The Morgan fingerprint density at radius 2 is 1.58 bits per heavy atom. The van der Waals surface area contributed by atoms with Crippen molar-refractivity contribution in [2.24, 2.45) is 0 Å². The molecule has 13 heteroatoms. The molecular weight excluding hydrogens is 444 g/mol. The molecule has 31 heavy (non-hydrogen) atoms. The second-order valence-corrected chi connectivity index (χ2v) is 9.27. The average molecular weight is 465 g/mol. The van der Waals surface area contributed by atoms with Gasteiger partial charge < -0.3 is 21.5 Å². The van der Waals surface area contributed by atoms with E-state index in [4.69, 9.17) is 15.4 Å². The van der Waals surface area contributed by atoms with Crippen LogP contribution in [0.3, 0.4) is 0 Å². The molecule has 1 heterocycles. The van der Waals surface area contributed by atoms with Crippen LogP contribution in [-0.2, 0) is 20.9 Å². The quantitative estimate of drug-likeness (QED) is 0.241. The van der Waals surface area contributed by atoms with E-state index >= 15 is 0 Å². The number of nitrogens with one attached hydrogen (secondary N) is 2. The van der Waals surface area contributed by atoms with Crippen LogP contribution in [0.4, 0.5) is 29.0 Å². The molecule has 0 fully saturated rings. The van der Waals surface area contributed by atoms with Crippen molar-refractivity contribution in [3.63, 3.8) is 0 Å². The van der Waals surface area contributed by atoms with E-state index in [1.807, 2.05) is 0 Å². The number of benzene rings is 2. The van der Waals surface area contributed by atoms with Crippen molar-refractivity contribution in [2.45, 2.75) is 16.7 Å². The van der Waals surface area contributed by atoms with E-state index in [2.05, 4.69) is 25.6 Å². The van der Waals surface area contributed by atoms with Gasteiger partial charge in [-0.25, -0.2) is 0 Å². The average Bonchev–Trinajstić information content (AvgIpc) is 2.67. The van der Waals surface area contributed by atoms with Crippen molar-refractivity contribution in [2.75, 3.05) is 28.7 Å². The summed E-state index contributed by atoms with van der Waals surface area (Å²) >= 11 is 0. The van der Waals surface area contributed by atoms with Crippen LogP contribution in [0.15, 0.2) is 52.3 Å². The van der Waals surface area contributed by atoms with Crippen molar-refractivity contribution < 1.29 is 22.3 Å². The maximum Gasteiger partial charge on any atom is 0.296 e. The first-order valence-corrected chi connectivity index (χ1v) is 11.6. The Balaban J connectivity index is 1.78. The third-order valence-electron chi connectivity index (χ3n) is 3.94. The Hall–Kier alpha value is -3.13. The summed E-state index contributed by atoms with van der Waals surface area (Å²) in [5.74, 6) is 1.03. The lowest BCUT2D eigenvalue weighted by Gasteiger charge is -2.11. The minimum Gasteiger partial charge on any atom is -0.398 e. The predicted molar refractivity (Wildman–Crippen MR) is 117 cm³/mol. The van der Waals surface area contributed by atoms with E-state index in [1.165, 1.54) is 18.2 Å². The molecule has 1 unspecified atom stereocenters. The molecule has 0 spiro atoms. The van der Waals surface area contributed by atoms with Gasteiger partial charge in [-0.3, -0.25) is 8.76 Å². The Bertz CT molecular complexity index is 1220. The van der Waals surface area contributed by atoms with Crippen LogP contribution in [0.25, 0.3) is 0 Å². The number of nitrogens with two attached hydrogens (primary N) is 1. The summed E-state index contributed by atoms with van der Waals surface area (Å²) in [6.07, 6.45) is 0. The molecule has 0 aliphatic rings. The molecule has 1 aromatic heterocycles. The van der Waals surface area contributed by atoms with Crippen LogP contribution in [0, 0.1) is 6.92 Å². The van der Waals surface area contributed by atoms with Crippen LogP contribution in [0.5, 0.6) is 0 Å². The van der Waals surface area contributed by atoms with Gasteiger partial charge >= 0.3 is 0 Å². The van der Waals surface area contributed by atoms with Crippen LogP contribution in [0.1, 0.15) is 5.82 Å². The van der Waals surface area contributed by atoms with E-state index in [-0.39, 0.29) is 29.9 Å². The molecule has 2 aromatic carbocycles. The Morgan fingerprint density at radius 1 is 1.00 bits per heavy atom. The Labute approximate surface area is 181 Å². The number of nitrogen functional groups attached to an aromatic ring is 1. The monoisotopic (exact) mass is 464 g/mol. The van der Waals surface area contributed by atoms with Gasteiger partial charge in [0.15, 0.2) is 0 Å². The van der Waals surface area contributed by atoms with Gasteiger partial charge in [0, 0.05) is 16.3 Å². The lowest BCUT2D eigenvalue weighted by molar-refractivity contribution is 0.321. The normalized spacial score (nSPS) is 12.4. The van der Waals surface area contributed by atoms with E-state index in [0.717, 1.165) is 0 Å². The second-order valence-electron chi connectivity index (χ2n) is 6.31. The van der Waals surface area contributed by atoms with Gasteiger partial charge in [-0.05, 0) is 49.4 Å². The number of rotatable bonds is 8. The highest BCUT2D eigenvalue weighted by atomic mass is 32.2. The summed E-state index contributed by atoms with van der Waals surface area (Å²) in [7, 11) is -5.69. The first-order chi connectivity index (χ1) is 14.7. The number of aromatic nitrogens is 3. The molecule has 164 valence electrons. The summed E-state index contributed by atoms with van der Waals surface area (Å²) in [5.41, 5.74) is 6.64. The molecule has 0 saturated carbocycles. The van der Waals surface area contributed by atoms with Crippen LogP contribution >= 0.6 is 0 Å². The minimum atomic E-state index is -4.42. The highest BCUT2D eigenvalue weighted by Crippen LogP contribution is 2.24. The largest absolute Gasteiger partial charge is 0.398 e. The standard InChI is InChI=1S/C18H20N6O5S2/c1-11-20-17(22-12-2-5-14(6-3-12)30(26)9-8-25)24-18(21-11)23-13-4-7-16(15(19)10-13)31(27,28)29/h2-7,10,25H,8-9,19H2,1H3,(H,27,28,29)(H2,20,21,22,23,24). The number of hydrogen-bond donors (Lipinski definition) is 5. The number of anilines is 5. The van der Waals surface area contributed by atoms with Gasteiger partial charge in [0.25, 0.3) is 10.1 Å². The fourth-order valence-corrected chi connectivity index (χ4v) is 4.04. The summed E-state index contributed by atoms with van der Waals surface area (Å²) in [6.45, 7) is 1.52.